The Morgan fingerprint density at radius 2 is 1.94 bits per heavy atom. The van der Waals surface area contributed by atoms with Gasteiger partial charge in [-0.3, -0.25) is 14.4 Å². The zero-order valence-electron chi connectivity index (χ0n) is 9.04. The molecule has 0 saturated heterocycles. The Kier molecular flexibility index (Phi) is 2.77. The van der Waals surface area contributed by atoms with E-state index in [4.69, 9.17) is 0 Å². The molecule has 1 N–H and O–H groups in total. The van der Waals surface area contributed by atoms with Gasteiger partial charge in [0.05, 0.1) is 7.11 Å². The molecular weight excluding hydrogens is 224 g/mol. The van der Waals surface area contributed by atoms with E-state index >= 15 is 0 Å². The lowest BCUT2D eigenvalue weighted by Gasteiger charge is -2.25. The van der Waals surface area contributed by atoms with Crippen LogP contribution in [0.4, 0.5) is 0 Å². The molecule has 0 amide bonds. The van der Waals surface area contributed by atoms with Crippen molar-refractivity contribution in [3.63, 3.8) is 0 Å². The maximum absolute atomic E-state index is 11.7. The fourth-order valence-electron chi connectivity index (χ4n) is 1.92. The largest absolute Gasteiger partial charge is 0.468 e. The lowest BCUT2D eigenvalue weighted by molar-refractivity contribution is -0.153. The van der Waals surface area contributed by atoms with Crippen LogP contribution in [0.2, 0.25) is 0 Å². The molecule has 0 fully saturated rings. The third kappa shape index (κ3) is 1.64. The van der Waals surface area contributed by atoms with Gasteiger partial charge in [-0.25, -0.2) is 0 Å². The van der Waals surface area contributed by atoms with Crippen LogP contribution in [-0.2, 0) is 14.3 Å². The zero-order chi connectivity index (χ0) is 12.6. The summed E-state index contributed by atoms with van der Waals surface area (Å²) in [5.41, 5.74) is 0.428. The van der Waals surface area contributed by atoms with Crippen molar-refractivity contribution in [1.29, 1.82) is 0 Å². The normalized spacial score (nSPS) is 23.2. The zero-order valence-corrected chi connectivity index (χ0v) is 9.04. The Labute approximate surface area is 97.0 Å². The van der Waals surface area contributed by atoms with E-state index in [1.54, 1.807) is 12.1 Å². The first kappa shape index (κ1) is 11.5. The first-order chi connectivity index (χ1) is 8.07. The van der Waals surface area contributed by atoms with Crippen LogP contribution < -0.4 is 0 Å². The molecule has 0 saturated carbocycles. The Morgan fingerprint density at radius 3 is 2.59 bits per heavy atom. The third-order valence-electron chi connectivity index (χ3n) is 2.80. The van der Waals surface area contributed by atoms with Gasteiger partial charge in [0.25, 0.3) is 0 Å². The monoisotopic (exact) mass is 234 g/mol. The minimum atomic E-state index is -1.46. The maximum atomic E-state index is 11.7. The summed E-state index contributed by atoms with van der Waals surface area (Å²) in [4.78, 5) is 34.8. The second-order valence-electron chi connectivity index (χ2n) is 3.73. The predicted octanol–water partition coefficient (Wildman–Crippen LogP) is 0.275. The summed E-state index contributed by atoms with van der Waals surface area (Å²) in [6, 6.07) is 6.18. The van der Waals surface area contributed by atoms with Gasteiger partial charge in [0, 0.05) is 5.56 Å². The molecule has 17 heavy (non-hydrogen) atoms. The first-order valence-corrected chi connectivity index (χ1v) is 5.01. The van der Waals surface area contributed by atoms with Gasteiger partial charge < -0.3 is 9.84 Å². The molecule has 2 unspecified atom stereocenters. The Bertz CT molecular complexity index is 505. The quantitative estimate of drug-likeness (QED) is 0.428. The molecule has 0 radical (unpaired) electrons. The van der Waals surface area contributed by atoms with Crippen LogP contribution in [0.25, 0.3) is 0 Å². The first-order valence-electron chi connectivity index (χ1n) is 5.01. The number of ketones is 2. The summed E-state index contributed by atoms with van der Waals surface area (Å²) >= 11 is 0. The van der Waals surface area contributed by atoms with Crippen LogP contribution in [-0.4, -0.2) is 29.8 Å². The molecule has 0 spiro atoms. The van der Waals surface area contributed by atoms with Gasteiger partial charge in [-0.15, -0.1) is 0 Å². The summed E-state index contributed by atoms with van der Waals surface area (Å²) in [6.45, 7) is 0. The highest BCUT2D eigenvalue weighted by molar-refractivity contribution is 6.48. The van der Waals surface area contributed by atoms with Crippen molar-refractivity contribution in [3.8, 4) is 0 Å². The highest BCUT2D eigenvalue weighted by Gasteiger charge is 2.45. The predicted molar refractivity (Wildman–Crippen MR) is 56.2 cm³/mol. The highest BCUT2D eigenvalue weighted by atomic mass is 16.5. The lowest BCUT2D eigenvalue weighted by atomic mass is 9.80. The number of aliphatic hydroxyl groups is 1. The number of aliphatic hydroxyl groups excluding tert-OH is 1. The van der Waals surface area contributed by atoms with E-state index in [0.717, 1.165) is 7.11 Å². The van der Waals surface area contributed by atoms with Crippen LogP contribution >= 0.6 is 0 Å². The van der Waals surface area contributed by atoms with Crippen LogP contribution in [0.5, 0.6) is 0 Å². The summed E-state index contributed by atoms with van der Waals surface area (Å²) in [7, 11) is 1.10. The van der Waals surface area contributed by atoms with E-state index in [0.29, 0.717) is 0 Å². The van der Waals surface area contributed by atoms with Gasteiger partial charge in [0.2, 0.25) is 11.6 Å². The average molecular weight is 234 g/mol. The second-order valence-corrected chi connectivity index (χ2v) is 3.73. The van der Waals surface area contributed by atoms with Crippen molar-refractivity contribution in [2.24, 2.45) is 5.92 Å². The van der Waals surface area contributed by atoms with E-state index in [1.807, 2.05) is 0 Å². The number of hydrogen-bond donors (Lipinski definition) is 1. The van der Waals surface area contributed by atoms with Crippen molar-refractivity contribution in [2.75, 3.05) is 7.11 Å². The molecule has 0 aliphatic heterocycles. The van der Waals surface area contributed by atoms with Gasteiger partial charge in [0.15, 0.2) is 5.92 Å². The molecule has 2 rings (SSSR count). The van der Waals surface area contributed by atoms with Crippen LogP contribution in [0.15, 0.2) is 24.3 Å². The van der Waals surface area contributed by atoms with Crippen LogP contribution in [0.1, 0.15) is 22.0 Å². The fraction of sp³-hybridized carbons (Fsp3) is 0.250. The molecule has 88 valence electrons. The number of fused-ring (bicyclic) bond motifs is 1. The molecule has 1 aliphatic rings. The third-order valence-corrected chi connectivity index (χ3v) is 2.80. The van der Waals surface area contributed by atoms with E-state index < -0.39 is 29.6 Å². The Balaban J connectivity index is 2.54. The van der Waals surface area contributed by atoms with Gasteiger partial charge in [-0.1, -0.05) is 24.3 Å². The van der Waals surface area contributed by atoms with Crippen molar-refractivity contribution in [3.05, 3.63) is 35.4 Å². The van der Waals surface area contributed by atoms with Crippen molar-refractivity contribution >= 4 is 17.5 Å². The lowest BCUT2D eigenvalue weighted by Crippen LogP contribution is -2.40. The van der Waals surface area contributed by atoms with Crippen molar-refractivity contribution < 1.29 is 24.2 Å². The van der Waals surface area contributed by atoms with E-state index in [1.165, 1.54) is 12.1 Å². The molecule has 1 aliphatic carbocycles. The number of ether oxygens (including phenoxy) is 1. The average Bonchev–Trinajstić information content (AvgIpc) is 2.36. The number of methoxy groups -OCH3 is 1. The maximum Gasteiger partial charge on any atom is 0.319 e. The topological polar surface area (TPSA) is 80.7 Å². The van der Waals surface area contributed by atoms with E-state index in [-0.39, 0.29) is 11.1 Å². The number of benzene rings is 1. The SMILES string of the molecule is COC(=O)C1C(=O)C(=O)c2ccccc2C1O. The summed E-state index contributed by atoms with van der Waals surface area (Å²) in [5.74, 6) is -4.04. The summed E-state index contributed by atoms with van der Waals surface area (Å²) in [5, 5.41) is 9.94. The number of carbonyl (C=O) groups is 3. The number of carbonyl (C=O) groups excluding carboxylic acids is 3. The molecule has 2 atom stereocenters. The number of esters is 1. The second kappa shape index (κ2) is 4.10. The number of Topliss-reactive ketones (excluding diaryl/α,β-unsaturated/α-hetero) is 2. The van der Waals surface area contributed by atoms with Crippen LogP contribution in [0.3, 0.4) is 0 Å². The molecular formula is C12H10O5. The summed E-state index contributed by atoms with van der Waals surface area (Å²) in [6.07, 6.45) is -1.33. The molecule has 5 nitrogen and oxygen atoms in total. The van der Waals surface area contributed by atoms with E-state index in [9.17, 15) is 19.5 Å². The summed E-state index contributed by atoms with van der Waals surface area (Å²) < 4.78 is 4.42. The van der Waals surface area contributed by atoms with Gasteiger partial charge in [0.1, 0.15) is 6.10 Å². The van der Waals surface area contributed by atoms with Gasteiger partial charge >= 0.3 is 5.97 Å². The van der Waals surface area contributed by atoms with Crippen molar-refractivity contribution in [2.45, 2.75) is 6.10 Å². The minimum Gasteiger partial charge on any atom is -0.468 e. The Hall–Kier alpha value is -2.01. The fourth-order valence-corrected chi connectivity index (χ4v) is 1.92. The standard InChI is InChI=1S/C12H10O5/c1-17-12(16)8-9(13)6-4-2-3-5-7(6)10(14)11(8)15/h2-5,8-9,13H,1H3. The van der Waals surface area contributed by atoms with Crippen molar-refractivity contribution in [1.82, 2.24) is 0 Å². The number of rotatable bonds is 1. The molecule has 1 aromatic carbocycles. The smallest absolute Gasteiger partial charge is 0.319 e. The molecule has 0 bridgehead atoms. The Morgan fingerprint density at radius 1 is 1.29 bits per heavy atom. The number of hydrogen-bond acceptors (Lipinski definition) is 5. The molecule has 5 heteroatoms. The van der Waals surface area contributed by atoms with Gasteiger partial charge in [-0.05, 0) is 5.56 Å². The van der Waals surface area contributed by atoms with E-state index in [2.05, 4.69) is 4.74 Å². The highest BCUT2D eigenvalue weighted by Crippen LogP contribution is 2.32. The molecule has 0 aromatic heterocycles. The molecule has 1 aromatic rings. The van der Waals surface area contributed by atoms with Crippen LogP contribution in [0, 0.1) is 5.92 Å². The van der Waals surface area contributed by atoms with Gasteiger partial charge in [-0.2, -0.15) is 0 Å². The minimum absolute atomic E-state index is 0.144. The molecule has 0 heterocycles.